The predicted molar refractivity (Wildman–Crippen MR) is 65.3 cm³/mol. The van der Waals surface area contributed by atoms with Crippen LogP contribution in [0.5, 0.6) is 0 Å². The number of hydrogen-bond acceptors (Lipinski definition) is 4. The standard InChI is InChI=1S/C12H21N3O2/c1-8(2)5-10(12(16)17-4)15-7-14-6-11(15)9(3)13/h6-10H,5,13H2,1-4H3. The Morgan fingerprint density at radius 2 is 2.18 bits per heavy atom. The second kappa shape index (κ2) is 5.82. The van der Waals surface area contributed by atoms with Crippen LogP contribution in [0.25, 0.3) is 0 Å². The van der Waals surface area contributed by atoms with Crippen molar-refractivity contribution >= 4 is 5.97 Å². The maximum Gasteiger partial charge on any atom is 0.328 e. The zero-order chi connectivity index (χ0) is 13.0. The van der Waals surface area contributed by atoms with Gasteiger partial charge in [-0.25, -0.2) is 9.78 Å². The summed E-state index contributed by atoms with van der Waals surface area (Å²) in [6.45, 7) is 6.01. The number of carbonyl (C=O) groups excluding carboxylic acids is 1. The fourth-order valence-corrected chi connectivity index (χ4v) is 1.83. The van der Waals surface area contributed by atoms with E-state index < -0.39 is 0 Å². The monoisotopic (exact) mass is 239 g/mol. The van der Waals surface area contributed by atoms with Crippen molar-refractivity contribution in [1.82, 2.24) is 9.55 Å². The first-order chi connectivity index (χ1) is 7.97. The molecule has 2 atom stereocenters. The molecule has 0 spiro atoms. The number of nitrogens with zero attached hydrogens (tertiary/aromatic N) is 2. The molecule has 0 bridgehead atoms. The SMILES string of the molecule is COC(=O)C(CC(C)C)n1cncc1C(C)N. The van der Waals surface area contributed by atoms with Crippen molar-refractivity contribution in [2.75, 3.05) is 7.11 Å². The van der Waals surface area contributed by atoms with E-state index in [-0.39, 0.29) is 18.1 Å². The Labute approximate surface area is 102 Å². The van der Waals surface area contributed by atoms with Gasteiger partial charge < -0.3 is 15.0 Å². The number of esters is 1. The topological polar surface area (TPSA) is 70.1 Å². The molecular formula is C12H21N3O2. The van der Waals surface area contributed by atoms with Crippen molar-refractivity contribution in [1.29, 1.82) is 0 Å². The molecule has 0 amide bonds. The first-order valence-electron chi connectivity index (χ1n) is 5.82. The van der Waals surface area contributed by atoms with Crippen molar-refractivity contribution in [3.05, 3.63) is 18.2 Å². The van der Waals surface area contributed by atoms with Crippen molar-refractivity contribution in [3.63, 3.8) is 0 Å². The van der Waals surface area contributed by atoms with Crippen LogP contribution in [-0.4, -0.2) is 22.6 Å². The molecule has 0 aliphatic rings. The average Bonchev–Trinajstić information content (AvgIpc) is 2.73. The summed E-state index contributed by atoms with van der Waals surface area (Å²) in [6.07, 6.45) is 4.05. The van der Waals surface area contributed by atoms with Gasteiger partial charge in [0.2, 0.25) is 0 Å². The van der Waals surface area contributed by atoms with Gasteiger partial charge in [0.15, 0.2) is 0 Å². The molecule has 1 rings (SSSR count). The zero-order valence-electron chi connectivity index (χ0n) is 10.9. The van der Waals surface area contributed by atoms with Gasteiger partial charge in [0.1, 0.15) is 6.04 Å². The molecule has 2 unspecified atom stereocenters. The minimum absolute atomic E-state index is 0.156. The van der Waals surface area contributed by atoms with Crippen molar-refractivity contribution in [3.8, 4) is 0 Å². The molecule has 1 heterocycles. The molecule has 0 saturated carbocycles. The third-order valence-electron chi connectivity index (χ3n) is 2.67. The van der Waals surface area contributed by atoms with E-state index in [1.165, 1.54) is 7.11 Å². The molecule has 5 nitrogen and oxygen atoms in total. The summed E-state index contributed by atoms with van der Waals surface area (Å²) in [5.41, 5.74) is 6.70. The number of carbonyl (C=O) groups is 1. The van der Waals surface area contributed by atoms with E-state index in [9.17, 15) is 4.79 Å². The fourth-order valence-electron chi connectivity index (χ4n) is 1.83. The van der Waals surface area contributed by atoms with E-state index in [4.69, 9.17) is 10.5 Å². The largest absolute Gasteiger partial charge is 0.467 e. The Bertz CT molecular complexity index is 372. The van der Waals surface area contributed by atoms with Gasteiger partial charge in [-0.15, -0.1) is 0 Å². The first kappa shape index (κ1) is 13.7. The third kappa shape index (κ3) is 3.30. The van der Waals surface area contributed by atoms with Gasteiger partial charge in [0.25, 0.3) is 0 Å². The third-order valence-corrected chi connectivity index (χ3v) is 2.67. The van der Waals surface area contributed by atoms with Crippen LogP contribution < -0.4 is 5.73 Å². The van der Waals surface area contributed by atoms with Gasteiger partial charge in [-0.2, -0.15) is 0 Å². The van der Waals surface area contributed by atoms with Crippen LogP contribution in [0.4, 0.5) is 0 Å². The van der Waals surface area contributed by atoms with E-state index in [0.29, 0.717) is 12.3 Å². The zero-order valence-corrected chi connectivity index (χ0v) is 10.9. The molecule has 0 aliphatic heterocycles. The van der Waals surface area contributed by atoms with Crippen LogP contribution in [-0.2, 0) is 9.53 Å². The highest BCUT2D eigenvalue weighted by atomic mass is 16.5. The summed E-state index contributed by atoms with van der Waals surface area (Å²) in [5.74, 6) is 0.140. The molecule has 5 heteroatoms. The maximum absolute atomic E-state index is 11.8. The van der Waals surface area contributed by atoms with Gasteiger partial charge in [0, 0.05) is 12.2 Å². The maximum atomic E-state index is 11.8. The summed E-state index contributed by atoms with van der Waals surface area (Å²) in [4.78, 5) is 15.9. The van der Waals surface area contributed by atoms with E-state index in [0.717, 1.165) is 5.69 Å². The first-order valence-corrected chi connectivity index (χ1v) is 5.82. The summed E-state index contributed by atoms with van der Waals surface area (Å²) < 4.78 is 6.66. The van der Waals surface area contributed by atoms with E-state index in [2.05, 4.69) is 18.8 Å². The Morgan fingerprint density at radius 1 is 1.53 bits per heavy atom. The lowest BCUT2D eigenvalue weighted by atomic mass is 10.0. The summed E-state index contributed by atoms with van der Waals surface area (Å²) >= 11 is 0. The second-order valence-electron chi connectivity index (χ2n) is 4.68. The lowest BCUT2D eigenvalue weighted by Crippen LogP contribution is -2.25. The van der Waals surface area contributed by atoms with Gasteiger partial charge in [-0.1, -0.05) is 13.8 Å². The van der Waals surface area contributed by atoms with Gasteiger partial charge in [0.05, 0.1) is 19.1 Å². The van der Waals surface area contributed by atoms with Crippen molar-refractivity contribution in [2.45, 2.75) is 39.3 Å². The van der Waals surface area contributed by atoms with Crippen LogP contribution in [0.1, 0.15) is 45.0 Å². The molecule has 0 fully saturated rings. The second-order valence-corrected chi connectivity index (χ2v) is 4.68. The van der Waals surface area contributed by atoms with Gasteiger partial charge >= 0.3 is 5.97 Å². The van der Waals surface area contributed by atoms with E-state index in [1.54, 1.807) is 12.5 Å². The lowest BCUT2D eigenvalue weighted by Gasteiger charge is -2.21. The highest BCUT2D eigenvalue weighted by molar-refractivity contribution is 5.74. The number of nitrogens with two attached hydrogens (primary N) is 1. The molecule has 1 aromatic heterocycles. The molecule has 0 radical (unpaired) electrons. The van der Waals surface area contributed by atoms with Gasteiger partial charge in [-0.3, -0.25) is 0 Å². The number of aromatic nitrogens is 2. The number of ether oxygens (including phenoxy) is 1. The van der Waals surface area contributed by atoms with E-state index in [1.807, 2.05) is 11.5 Å². The molecule has 0 aromatic carbocycles. The number of rotatable bonds is 5. The lowest BCUT2D eigenvalue weighted by molar-refractivity contribution is -0.145. The van der Waals surface area contributed by atoms with Crippen molar-refractivity contribution < 1.29 is 9.53 Å². The average molecular weight is 239 g/mol. The Hall–Kier alpha value is -1.36. The minimum Gasteiger partial charge on any atom is -0.467 e. The Kier molecular flexibility index (Phi) is 4.69. The molecule has 1 aromatic rings. The predicted octanol–water partition coefficient (Wildman–Crippen LogP) is 1.66. The van der Waals surface area contributed by atoms with E-state index >= 15 is 0 Å². The van der Waals surface area contributed by atoms with Crippen LogP contribution in [0.15, 0.2) is 12.5 Å². The van der Waals surface area contributed by atoms with Crippen LogP contribution in [0.2, 0.25) is 0 Å². The summed E-state index contributed by atoms with van der Waals surface area (Å²) in [6, 6.07) is -0.500. The molecular weight excluding hydrogens is 218 g/mol. The molecule has 96 valence electrons. The molecule has 0 aliphatic carbocycles. The van der Waals surface area contributed by atoms with Crippen LogP contribution in [0, 0.1) is 5.92 Å². The van der Waals surface area contributed by atoms with Gasteiger partial charge in [-0.05, 0) is 19.3 Å². The molecule has 0 saturated heterocycles. The van der Waals surface area contributed by atoms with Crippen molar-refractivity contribution in [2.24, 2.45) is 11.7 Å². The fraction of sp³-hybridized carbons (Fsp3) is 0.667. The number of imidazole rings is 1. The Morgan fingerprint density at radius 3 is 2.65 bits per heavy atom. The smallest absolute Gasteiger partial charge is 0.328 e. The highest BCUT2D eigenvalue weighted by Gasteiger charge is 2.25. The number of methoxy groups -OCH3 is 1. The summed E-state index contributed by atoms with van der Waals surface area (Å²) in [7, 11) is 1.40. The number of hydrogen-bond donors (Lipinski definition) is 1. The quantitative estimate of drug-likeness (QED) is 0.793. The Balaban J connectivity index is 3.03. The highest BCUT2D eigenvalue weighted by Crippen LogP contribution is 2.23. The molecule has 17 heavy (non-hydrogen) atoms. The molecule has 2 N–H and O–H groups in total. The normalized spacial score (nSPS) is 14.7. The minimum atomic E-state index is -0.344. The van der Waals surface area contributed by atoms with Crippen LogP contribution >= 0.6 is 0 Å². The summed E-state index contributed by atoms with van der Waals surface area (Å²) in [5, 5.41) is 0. The van der Waals surface area contributed by atoms with Crippen LogP contribution in [0.3, 0.4) is 0 Å².